The number of nitrogens with zero attached hydrogens (tertiary/aromatic N) is 1. The van der Waals surface area contributed by atoms with E-state index in [0.29, 0.717) is 17.9 Å². The van der Waals surface area contributed by atoms with Crippen LogP contribution in [0.4, 0.5) is 5.69 Å². The second kappa shape index (κ2) is 4.61. The second-order valence-electron chi connectivity index (χ2n) is 4.49. The van der Waals surface area contributed by atoms with Crippen LogP contribution in [0.1, 0.15) is 26.1 Å². The molecule has 1 unspecified atom stereocenters. The molecule has 0 fully saturated rings. The predicted molar refractivity (Wildman–Crippen MR) is 72.9 cm³/mol. The summed E-state index contributed by atoms with van der Waals surface area (Å²) in [5.41, 5.74) is 7.79. The smallest absolute Gasteiger partial charge is 0.160 e. The van der Waals surface area contributed by atoms with Gasteiger partial charge in [0.2, 0.25) is 0 Å². The summed E-state index contributed by atoms with van der Waals surface area (Å²) in [4.78, 5) is 7.27. The van der Waals surface area contributed by atoms with Gasteiger partial charge in [0.25, 0.3) is 0 Å². The summed E-state index contributed by atoms with van der Waals surface area (Å²) in [7, 11) is -3.15. The van der Waals surface area contributed by atoms with Crippen LogP contribution < -0.4 is 5.73 Å². The molecule has 3 N–H and O–H groups in total. The van der Waals surface area contributed by atoms with Gasteiger partial charge >= 0.3 is 0 Å². The molecule has 0 bridgehead atoms. The first-order chi connectivity index (χ1) is 8.42. The van der Waals surface area contributed by atoms with Crippen molar-refractivity contribution in [2.45, 2.75) is 31.3 Å². The zero-order valence-corrected chi connectivity index (χ0v) is 11.3. The highest BCUT2D eigenvalue weighted by molar-refractivity contribution is 7.91. The van der Waals surface area contributed by atoms with Gasteiger partial charge in [-0.2, -0.15) is 0 Å². The largest absolute Gasteiger partial charge is 0.399 e. The quantitative estimate of drug-likeness (QED) is 0.827. The third kappa shape index (κ3) is 2.48. The Morgan fingerprint density at radius 3 is 2.83 bits per heavy atom. The third-order valence-corrected chi connectivity index (χ3v) is 5.32. The highest BCUT2D eigenvalue weighted by Gasteiger charge is 2.21. The van der Waals surface area contributed by atoms with Gasteiger partial charge in [-0.3, -0.25) is 0 Å². The van der Waals surface area contributed by atoms with Gasteiger partial charge in [-0.1, -0.05) is 6.92 Å². The molecule has 0 spiro atoms. The Kier molecular flexibility index (Phi) is 3.30. The van der Waals surface area contributed by atoms with Crippen molar-refractivity contribution in [2.24, 2.45) is 0 Å². The van der Waals surface area contributed by atoms with Gasteiger partial charge in [-0.25, -0.2) is 13.4 Å². The lowest BCUT2D eigenvalue weighted by Gasteiger charge is -2.08. The van der Waals surface area contributed by atoms with E-state index in [0.717, 1.165) is 11.0 Å². The van der Waals surface area contributed by atoms with Gasteiger partial charge in [0, 0.05) is 5.69 Å². The number of nitrogens with two attached hydrogens (primary N) is 1. The Hall–Kier alpha value is -1.56. The maximum atomic E-state index is 12.0. The van der Waals surface area contributed by atoms with Crippen LogP contribution in [-0.4, -0.2) is 23.6 Å². The molecule has 0 saturated heterocycles. The highest BCUT2D eigenvalue weighted by Crippen LogP contribution is 2.17. The molecule has 1 aromatic carbocycles. The number of hydrogen-bond acceptors (Lipinski definition) is 4. The van der Waals surface area contributed by atoms with Gasteiger partial charge < -0.3 is 10.7 Å². The summed E-state index contributed by atoms with van der Waals surface area (Å²) in [5.74, 6) is 0.409. The molecule has 2 rings (SSSR count). The summed E-state index contributed by atoms with van der Waals surface area (Å²) < 4.78 is 24.0. The number of hydrogen-bond donors (Lipinski definition) is 2. The minimum absolute atomic E-state index is 0.0589. The molecule has 98 valence electrons. The van der Waals surface area contributed by atoms with E-state index < -0.39 is 9.84 Å². The first-order valence-corrected chi connectivity index (χ1v) is 7.59. The molecule has 6 heteroatoms. The number of nitrogen functional groups attached to an aromatic ring is 1. The Balaban J connectivity index is 2.33. The zero-order chi connectivity index (χ0) is 13.3. The van der Waals surface area contributed by atoms with Crippen molar-refractivity contribution in [3.63, 3.8) is 0 Å². The van der Waals surface area contributed by atoms with Crippen LogP contribution in [0, 0.1) is 0 Å². The van der Waals surface area contributed by atoms with Crippen LogP contribution in [0.15, 0.2) is 18.2 Å². The lowest BCUT2D eigenvalue weighted by atomic mass is 10.3. The first kappa shape index (κ1) is 12.9. The monoisotopic (exact) mass is 267 g/mol. The fraction of sp³-hybridized carbons (Fsp3) is 0.417. The maximum absolute atomic E-state index is 12.0. The number of anilines is 1. The van der Waals surface area contributed by atoms with Crippen LogP contribution >= 0.6 is 0 Å². The molecule has 5 nitrogen and oxygen atoms in total. The van der Waals surface area contributed by atoms with Crippen molar-refractivity contribution in [1.29, 1.82) is 0 Å². The van der Waals surface area contributed by atoms with Crippen LogP contribution in [-0.2, 0) is 15.6 Å². The van der Waals surface area contributed by atoms with Crippen molar-refractivity contribution < 1.29 is 8.42 Å². The summed E-state index contributed by atoms with van der Waals surface area (Å²) >= 11 is 0. The van der Waals surface area contributed by atoms with Gasteiger partial charge in [0.15, 0.2) is 9.84 Å². The topological polar surface area (TPSA) is 88.8 Å². The predicted octanol–water partition coefficient (Wildman–Crippen LogP) is 1.86. The number of aromatic nitrogens is 2. The number of rotatable bonds is 4. The van der Waals surface area contributed by atoms with Gasteiger partial charge in [0.05, 0.1) is 16.3 Å². The van der Waals surface area contributed by atoms with E-state index in [1.165, 1.54) is 0 Å². The van der Waals surface area contributed by atoms with Crippen molar-refractivity contribution in [2.75, 3.05) is 5.73 Å². The third-order valence-electron chi connectivity index (χ3n) is 3.08. The molecule has 0 aliphatic rings. The minimum Gasteiger partial charge on any atom is -0.399 e. The molecule has 0 radical (unpaired) electrons. The molecule has 0 aliphatic carbocycles. The number of benzene rings is 1. The summed E-state index contributed by atoms with van der Waals surface area (Å²) in [6, 6.07) is 5.28. The molecule has 1 atom stereocenters. The van der Waals surface area contributed by atoms with E-state index in [9.17, 15) is 8.42 Å². The number of imidazole rings is 1. The molecule has 0 saturated carbocycles. The van der Waals surface area contributed by atoms with Crippen LogP contribution in [0.2, 0.25) is 0 Å². The number of sulfone groups is 1. The lowest BCUT2D eigenvalue weighted by Crippen LogP contribution is -2.19. The van der Waals surface area contributed by atoms with Crippen molar-refractivity contribution in [3.05, 3.63) is 24.0 Å². The highest BCUT2D eigenvalue weighted by atomic mass is 32.2. The zero-order valence-electron chi connectivity index (χ0n) is 10.5. The molecule has 1 aromatic heterocycles. The van der Waals surface area contributed by atoms with Gasteiger partial charge in [-0.05, 0) is 31.5 Å². The Bertz CT molecular complexity index is 661. The first-order valence-electron chi connectivity index (χ1n) is 5.88. The molecule has 2 aromatic rings. The molecule has 0 aliphatic heterocycles. The van der Waals surface area contributed by atoms with Gasteiger partial charge in [-0.15, -0.1) is 0 Å². The number of H-pyrrole nitrogens is 1. The summed E-state index contributed by atoms with van der Waals surface area (Å²) in [6.07, 6.45) is 0.607. The van der Waals surface area contributed by atoms with E-state index in [2.05, 4.69) is 9.97 Å². The SMILES string of the molecule is CCC(C)S(=O)(=O)Cc1nc2ccc(N)cc2[nH]1. The minimum atomic E-state index is -3.15. The maximum Gasteiger partial charge on any atom is 0.160 e. The molecular formula is C12H17N3O2S. The Morgan fingerprint density at radius 2 is 2.17 bits per heavy atom. The van der Waals surface area contributed by atoms with Crippen molar-refractivity contribution >= 4 is 26.6 Å². The molecule has 18 heavy (non-hydrogen) atoms. The molecule has 0 amide bonds. The average Bonchev–Trinajstić information content (AvgIpc) is 2.68. The van der Waals surface area contributed by atoms with E-state index in [-0.39, 0.29) is 11.0 Å². The molecular weight excluding hydrogens is 250 g/mol. The van der Waals surface area contributed by atoms with Crippen molar-refractivity contribution in [1.82, 2.24) is 9.97 Å². The lowest BCUT2D eigenvalue weighted by molar-refractivity contribution is 0.579. The van der Waals surface area contributed by atoms with E-state index in [1.54, 1.807) is 25.1 Å². The normalized spacial score (nSPS) is 13.9. The number of aromatic amines is 1. The van der Waals surface area contributed by atoms with E-state index >= 15 is 0 Å². The molecule has 1 heterocycles. The number of fused-ring (bicyclic) bond motifs is 1. The summed E-state index contributed by atoms with van der Waals surface area (Å²) in [6.45, 7) is 3.58. The van der Waals surface area contributed by atoms with Crippen LogP contribution in [0.5, 0.6) is 0 Å². The fourth-order valence-corrected chi connectivity index (χ4v) is 3.05. The fourth-order valence-electron chi connectivity index (χ4n) is 1.74. The Labute approximate surface area is 106 Å². The van der Waals surface area contributed by atoms with Crippen molar-refractivity contribution in [3.8, 4) is 0 Å². The standard InChI is InChI=1S/C12H17N3O2S/c1-3-8(2)18(16,17)7-12-14-10-5-4-9(13)6-11(10)15-12/h4-6,8H,3,7,13H2,1-2H3,(H,14,15). The average molecular weight is 267 g/mol. The van der Waals surface area contributed by atoms with E-state index in [4.69, 9.17) is 5.73 Å². The van der Waals surface area contributed by atoms with Gasteiger partial charge in [0.1, 0.15) is 11.6 Å². The summed E-state index contributed by atoms with van der Waals surface area (Å²) in [5, 5.41) is -0.351. The van der Waals surface area contributed by atoms with E-state index in [1.807, 2.05) is 6.92 Å². The Morgan fingerprint density at radius 1 is 1.44 bits per heavy atom. The second-order valence-corrected chi connectivity index (χ2v) is 6.91. The van der Waals surface area contributed by atoms with Crippen LogP contribution in [0.25, 0.3) is 11.0 Å². The number of nitrogens with one attached hydrogen (secondary N) is 1. The van der Waals surface area contributed by atoms with Crippen LogP contribution in [0.3, 0.4) is 0 Å².